The largest absolute Gasteiger partial charge is 0.497 e. The first-order chi connectivity index (χ1) is 14.9. The highest BCUT2D eigenvalue weighted by Gasteiger charge is 2.43. The average molecular weight is 560 g/mol. The molecule has 8 nitrogen and oxygen atoms in total. The summed E-state index contributed by atoms with van der Waals surface area (Å²) in [6, 6.07) is 7.78. The normalized spacial score (nSPS) is 25.2. The predicted octanol–water partition coefficient (Wildman–Crippen LogP) is 2.76. The van der Waals surface area contributed by atoms with Crippen molar-refractivity contribution in [3.05, 3.63) is 29.8 Å². The fraction of sp³-hybridized carbons (Fsp3) is 0.652. The molecular weight excluding hydrogens is 523 g/mol. The van der Waals surface area contributed by atoms with Gasteiger partial charge in [0.1, 0.15) is 11.9 Å². The molecule has 1 spiro atoms. The van der Waals surface area contributed by atoms with Gasteiger partial charge in [-0.2, -0.15) is 0 Å². The van der Waals surface area contributed by atoms with Crippen LogP contribution in [-0.4, -0.2) is 69.6 Å². The molecule has 1 unspecified atom stereocenters. The van der Waals surface area contributed by atoms with E-state index in [9.17, 15) is 4.79 Å². The van der Waals surface area contributed by atoms with Gasteiger partial charge in [0, 0.05) is 33.5 Å². The zero-order valence-electron chi connectivity index (χ0n) is 19.6. The molecule has 1 aliphatic heterocycles. The molecule has 0 aromatic heterocycles. The maximum absolute atomic E-state index is 12.0. The lowest BCUT2D eigenvalue weighted by Crippen LogP contribution is -2.46. The third kappa shape index (κ3) is 7.77. The molecule has 2 fully saturated rings. The molecule has 180 valence electrons. The van der Waals surface area contributed by atoms with E-state index < -0.39 is 5.79 Å². The van der Waals surface area contributed by atoms with E-state index in [0.717, 1.165) is 42.9 Å². The summed E-state index contributed by atoms with van der Waals surface area (Å²) >= 11 is 0. The van der Waals surface area contributed by atoms with Gasteiger partial charge in [-0.3, -0.25) is 4.79 Å². The highest BCUT2D eigenvalue weighted by atomic mass is 127. The molecule has 2 aliphatic rings. The molecule has 3 rings (SSSR count). The molecule has 9 heteroatoms. The number of amides is 1. The van der Waals surface area contributed by atoms with Crippen LogP contribution in [0.5, 0.6) is 5.75 Å². The first kappa shape index (κ1) is 26.7. The van der Waals surface area contributed by atoms with Crippen molar-refractivity contribution in [3.63, 3.8) is 0 Å². The Morgan fingerprint density at radius 2 is 1.91 bits per heavy atom. The number of ether oxygens (including phenoxy) is 3. The number of halogens is 1. The highest BCUT2D eigenvalue weighted by molar-refractivity contribution is 14.0. The molecule has 1 heterocycles. The van der Waals surface area contributed by atoms with Gasteiger partial charge in [0.05, 0.1) is 26.8 Å². The molecule has 1 aromatic rings. The Labute approximate surface area is 208 Å². The second-order valence-electron chi connectivity index (χ2n) is 8.68. The highest BCUT2D eigenvalue weighted by Crippen LogP contribution is 2.39. The Kier molecular flexibility index (Phi) is 10.5. The smallest absolute Gasteiger partial charge is 0.241 e. The minimum absolute atomic E-state index is 0. The topological polar surface area (TPSA) is 84.4 Å². The summed E-state index contributed by atoms with van der Waals surface area (Å²) in [6.45, 7) is 4.09. The van der Waals surface area contributed by atoms with Crippen molar-refractivity contribution >= 4 is 35.8 Å². The van der Waals surface area contributed by atoms with Crippen LogP contribution in [0.2, 0.25) is 0 Å². The number of hydrogen-bond acceptors (Lipinski definition) is 5. The van der Waals surface area contributed by atoms with Gasteiger partial charge in [0.2, 0.25) is 5.91 Å². The maximum Gasteiger partial charge on any atom is 0.241 e. The van der Waals surface area contributed by atoms with Gasteiger partial charge in [-0.1, -0.05) is 19.1 Å². The summed E-state index contributed by atoms with van der Waals surface area (Å²) < 4.78 is 17.5. The summed E-state index contributed by atoms with van der Waals surface area (Å²) in [5.41, 5.74) is 1.05. The van der Waals surface area contributed by atoms with Gasteiger partial charge in [-0.05, 0) is 36.5 Å². The summed E-state index contributed by atoms with van der Waals surface area (Å²) in [7, 11) is 5.12. The van der Waals surface area contributed by atoms with Crippen LogP contribution >= 0.6 is 24.0 Å². The zero-order chi connectivity index (χ0) is 22.3. The molecule has 1 aliphatic carbocycles. The van der Waals surface area contributed by atoms with Crippen molar-refractivity contribution in [1.82, 2.24) is 15.5 Å². The van der Waals surface area contributed by atoms with Gasteiger partial charge in [-0.15, -0.1) is 24.0 Å². The minimum Gasteiger partial charge on any atom is -0.497 e. The summed E-state index contributed by atoms with van der Waals surface area (Å²) in [6.07, 6.45) is 4.16. The molecule has 1 aromatic carbocycles. The van der Waals surface area contributed by atoms with Crippen LogP contribution < -0.4 is 15.4 Å². The number of nitrogens with one attached hydrogen (secondary N) is 2. The van der Waals surface area contributed by atoms with Gasteiger partial charge in [0.25, 0.3) is 0 Å². The van der Waals surface area contributed by atoms with Crippen molar-refractivity contribution in [2.45, 2.75) is 51.0 Å². The molecule has 32 heavy (non-hydrogen) atoms. The Balaban J connectivity index is 0.00000363. The molecular formula is C23H37IN4O4. The van der Waals surface area contributed by atoms with E-state index in [0.29, 0.717) is 25.7 Å². The SMILES string of the molecule is COc1ccc(CN=C(NCC(=O)N(C)C)NCC2COC3(CCC(C)CC3)O2)cc1.I. The Bertz CT molecular complexity index is 749. The number of aliphatic imine (C=N–C) groups is 1. The fourth-order valence-electron chi connectivity index (χ4n) is 3.78. The predicted molar refractivity (Wildman–Crippen MR) is 135 cm³/mol. The number of hydrogen-bond donors (Lipinski definition) is 2. The number of guanidine groups is 1. The molecule has 0 radical (unpaired) electrons. The second-order valence-corrected chi connectivity index (χ2v) is 8.68. The van der Waals surface area contributed by atoms with E-state index in [1.165, 1.54) is 0 Å². The summed E-state index contributed by atoms with van der Waals surface area (Å²) in [5.74, 6) is 1.70. The van der Waals surface area contributed by atoms with Crippen LogP contribution in [0.1, 0.15) is 38.2 Å². The van der Waals surface area contributed by atoms with E-state index >= 15 is 0 Å². The van der Waals surface area contributed by atoms with Gasteiger partial charge in [-0.25, -0.2) is 4.99 Å². The van der Waals surface area contributed by atoms with Gasteiger partial charge < -0.3 is 29.7 Å². The lowest BCUT2D eigenvalue weighted by Gasteiger charge is -2.34. The quantitative estimate of drug-likeness (QED) is 0.303. The lowest BCUT2D eigenvalue weighted by atomic mass is 9.86. The van der Waals surface area contributed by atoms with E-state index in [1.807, 2.05) is 24.3 Å². The fourth-order valence-corrected chi connectivity index (χ4v) is 3.78. The molecule has 1 saturated heterocycles. The Morgan fingerprint density at radius 1 is 1.22 bits per heavy atom. The number of methoxy groups -OCH3 is 1. The van der Waals surface area contributed by atoms with Crippen molar-refractivity contribution < 1.29 is 19.0 Å². The second kappa shape index (κ2) is 12.6. The number of rotatable bonds is 7. The van der Waals surface area contributed by atoms with Crippen molar-refractivity contribution in [1.29, 1.82) is 0 Å². The first-order valence-electron chi connectivity index (χ1n) is 11.1. The maximum atomic E-state index is 12.0. The zero-order valence-corrected chi connectivity index (χ0v) is 21.9. The lowest BCUT2D eigenvalue weighted by molar-refractivity contribution is -0.191. The van der Waals surface area contributed by atoms with Crippen molar-refractivity contribution in [3.8, 4) is 5.75 Å². The number of benzene rings is 1. The van der Waals surface area contributed by atoms with E-state index in [4.69, 9.17) is 14.2 Å². The number of nitrogens with zero attached hydrogens (tertiary/aromatic N) is 2. The number of carbonyl (C=O) groups excluding carboxylic acids is 1. The van der Waals surface area contributed by atoms with Crippen LogP contribution in [0, 0.1) is 5.92 Å². The summed E-state index contributed by atoms with van der Waals surface area (Å²) in [4.78, 5) is 18.2. The van der Waals surface area contributed by atoms with Gasteiger partial charge in [0.15, 0.2) is 11.7 Å². The van der Waals surface area contributed by atoms with Crippen LogP contribution in [0.4, 0.5) is 0 Å². The van der Waals surface area contributed by atoms with Crippen LogP contribution in [0.3, 0.4) is 0 Å². The van der Waals surface area contributed by atoms with E-state index in [2.05, 4.69) is 22.5 Å². The first-order valence-corrected chi connectivity index (χ1v) is 11.1. The van der Waals surface area contributed by atoms with Crippen LogP contribution in [0.25, 0.3) is 0 Å². The average Bonchev–Trinajstić information content (AvgIpc) is 3.18. The van der Waals surface area contributed by atoms with Gasteiger partial charge >= 0.3 is 0 Å². The molecule has 1 amide bonds. The third-order valence-corrected chi connectivity index (χ3v) is 5.93. The third-order valence-electron chi connectivity index (χ3n) is 5.93. The van der Waals surface area contributed by atoms with E-state index in [-0.39, 0.29) is 42.5 Å². The van der Waals surface area contributed by atoms with Crippen molar-refractivity contribution in [2.75, 3.05) is 40.9 Å². The number of likely N-dealkylation sites (N-methyl/N-ethyl adjacent to an activating group) is 1. The van der Waals surface area contributed by atoms with E-state index in [1.54, 1.807) is 26.1 Å². The molecule has 1 saturated carbocycles. The minimum atomic E-state index is -0.409. The van der Waals surface area contributed by atoms with Crippen LogP contribution in [-0.2, 0) is 20.8 Å². The monoisotopic (exact) mass is 560 g/mol. The Morgan fingerprint density at radius 3 is 2.53 bits per heavy atom. The standard InChI is InChI=1S/C23H36N4O4.HI/c1-17-9-11-23(12-10-17)30-16-20(31-23)14-25-22(26-15-21(28)27(2)3)24-13-18-5-7-19(29-4)8-6-18;/h5-8,17,20H,9-16H2,1-4H3,(H2,24,25,26);1H. The molecule has 1 atom stereocenters. The molecule has 2 N–H and O–H groups in total. The molecule has 0 bridgehead atoms. The van der Waals surface area contributed by atoms with Crippen molar-refractivity contribution in [2.24, 2.45) is 10.9 Å². The van der Waals surface area contributed by atoms with Crippen LogP contribution in [0.15, 0.2) is 29.3 Å². The number of carbonyl (C=O) groups is 1. The Hall–Kier alpha value is -1.59. The summed E-state index contributed by atoms with van der Waals surface area (Å²) in [5, 5.41) is 6.44.